The van der Waals surface area contributed by atoms with Gasteiger partial charge in [-0.3, -0.25) is 39.5 Å². The first-order valence-corrected chi connectivity index (χ1v) is 30.5. The molecule has 2 aromatic carbocycles. The summed E-state index contributed by atoms with van der Waals surface area (Å²) in [4.78, 5) is 136. The van der Waals surface area contributed by atoms with Crippen molar-refractivity contribution in [2.45, 2.75) is 146 Å². The number of hydrogen-bond donors (Lipinski definition) is 4. The van der Waals surface area contributed by atoms with Crippen molar-refractivity contribution in [2.24, 2.45) is 5.92 Å². The largest absolute Gasteiger partial charge is 0.495 e. The molecule has 91 heavy (non-hydrogen) atoms. The highest BCUT2D eigenvalue weighted by Gasteiger charge is 2.64. The third-order valence-corrected chi connectivity index (χ3v) is 17.1. The van der Waals surface area contributed by atoms with Gasteiger partial charge in [-0.25, -0.2) is 24.0 Å². The average molecular weight is 1290 g/mol. The number of esters is 1. The molecule has 2 aliphatic carbocycles. The van der Waals surface area contributed by atoms with E-state index in [4.69, 9.17) is 49.5 Å². The second-order valence-electron chi connectivity index (χ2n) is 23.5. The maximum absolute atomic E-state index is 14.2. The number of nitrogens with one attached hydrogen (secondary N) is 3. The topological polar surface area (TPSA) is 317 Å². The molecule has 26 nitrogen and oxygen atoms in total. The number of Topliss-reactive ketones (excluding diaryl/α,β-unsaturated/α-hetero) is 1. The van der Waals surface area contributed by atoms with E-state index in [1.807, 2.05) is 25.2 Å². The number of anilines is 1. The number of ketones is 1. The van der Waals surface area contributed by atoms with Gasteiger partial charge in [-0.05, 0) is 93.8 Å². The summed E-state index contributed by atoms with van der Waals surface area (Å²) in [5, 5.41) is 19.9. The predicted octanol–water partition coefficient (Wildman–Crippen LogP) is 6.48. The van der Waals surface area contributed by atoms with E-state index in [9.17, 15) is 53.1 Å². The normalized spacial score (nSPS) is 25.7. The van der Waals surface area contributed by atoms with Crippen LogP contribution in [0.3, 0.4) is 0 Å². The Hall–Kier alpha value is -8.33. The lowest BCUT2D eigenvalue weighted by Crippen LogP contribution is -2.63. The Balaban J connectivity index is 0.917. The number of amides is 8. The summed E-state index contributed by atoms with van der Waals surface area (Å²) >= 11 is 6.78. The van der Waals surface area contributed by atoms with E-state index in [-0.39, 0.29) is 87.1 Å². The summed E-state index contributed by atoms with van der Waals surface area (Å²) in [5.41, 5.74) is -0.632. The van der Waals surface area contributed by atoms with Crippen molar-refractivity contribution >= 4 is 77.0 Å². The fourth-order valence-electron chi connectivity index (χ4n) is 11.0. The van der Waals surface area contributed by atoms with Gasteiger partial charge in [0.1, 0.15) is 60.8 Å². The van der Waals surface area contributed by atoms with Crippen molar-refractivity contribution in [3.05, 3.63) is 106 Å². The average Bonchev–Trinajstić information content (AvgIpc) is 1.60. The Labute approximate surface area is 533 Å². The number of carbonyl (C=O) groups is 10. The molecule has 8 amide bonds. The van der Waals surface area contributed by atoms with E-state index in [0.29, 0.717) is 29.7 Å². The van der Waals surface area contributed by atoms with Gasteiger partial charge in [-0.1, -0.05) is 67.0 Å². The molecule has 4 N–H and O–H groups in total. The highest BCUT2D eigenvalue weighted by molar-refractivity contribution is 6.33. The van der Waals surface area contributed by atoms with Crippen LogP contribution >= 0.6 is 11.6 Å². The van der Waals surface area contributed by atoms with Crippen molar-refractivity contribution in [1.29, 1.82) is 0 Å². The molecule has 0 radical (unpaired) electrons. The highest BCUT2D eigenvalue weighted by Crippen LogP contribution is 2.49. The van der Waals surface area contributed by atoms with Gasteiger partial charge in [0.15, 0.2) is 5.72 Å². The molecule has 1 unspecified atom stereocenters. The summed E-state index contributed by atoms with van der Waals surface area (Å²) in [5.74, 6) is -3.81. The zero-order valence-corrected chi connectivity index (χ0v) is 53.5. The standard InChI is InChI=1S/C64H82ClN7O19/c1-38-16-15-19-50(85-9)64(83)36-49(89-60(80)68-64)39(2)56-63(4,91-56)51(35-44(73)34-43-31-42(30-38)33-48(84-8)55(43)65)90-58(78)40(3)71(7)52(74)24-29-86-61(81)69(5)27-28-70(6)62(82)87-37-41-20-21-47(67-59(79)88-45-17-13-11-10-12-14-18-45)46(32-41)57(77)66-25-26-72-53(75)22-23-54(72)76/h13,15-17,19-23,31-33,39-40,45,49-51,56,83H,10-12,14,18,24-30,34-37H2,1-9H3,(H,66,77)(H,67,79)(H,68,80)/b17-13+,19-15+,38-16+/t39-,40+,45?,49+,50-,51+,56+,63+,64+/m1/s1. The smallest absolute Gasteiger partial charge is 0.412 e. The number of benzene rings is 2. The number of methoxy groups -OCH3 is 2. The van der Waals surface area contributed by atoms with Gasteiger partial charge in [-0.15, -0.1) is 0 Å². The van der Waals surface area contributed by atoms with E-state index in [0.717, 1.165) is 58.8 Å². The van der Waals surface area contributed by atoms with Crippen LogP contribution < -0.4 is 20.7 Å². The first-order valence-electron chi connectivity index (χ1n) is 30.2. The Bertz CT molecular complexity index is 3190. The van der Waals surface area contributed by atoms with E-state index in [2.05, 4.69) is 16.0 Å². The molecule has 4 bridgehead atoms. The number of aliphatic hydroxyl groups is 1. The molecule has 3 heterocycles. The van der Waals surface area contributed by atoms with Gasteiger partial charge in [-0.2, -0.15) is 0 Å². The molecule has 494 valence electrons. The lowest BCUT2D eigenvalue weighted by Gasteiger charge is -2.42. The van der Waals surface area contributed by atoms with Crippen LogP contribution in [0.5, 0.6) is 5.75 Å². The second kappa shape index (κ2) is 31.6. The number of fused-ring (bicyclic) bond motifs is 5. The number of alkyl carbamates (subject to hydrolysis) is 1. The van der Waals surface area contributed by atoms with Crippen LogP contribution in [0.25, 0.3) is 0 Å². The van der Waals surface area contributed by atoms with Crippen molar-refractivity contribution in [1.82, 2.24) is 30.2 Å². The lowest BCUT2D eigenvalue weighted by atomic mass is 9.83. The van der Waals surface area contributed by atoms with Crippen molar-refractivity contribution in [2.75, 3.05) is 73.5 Å². The quantitative estimate of drug-likeness (QED) is 0.0384. The number of rotatable bonds is 19. The van der Waals surface area contributed by atoms with Crippen molar-refractivity contribution < 1.29 is 90.9 Å². The monoisotopic (exact) mass is 1290 g/mol. The Morgan fingerprint density at radius 2 is 1.64 bits per heavy atom. The highest BCUT2D eigenvalue weighted by atomic mass is 35.5. The van der Waals surface area contributed by atoms with Gasteiger partial charge in [0.25, 0.3) is 17.7 Å². The summed E-state index contributed by atoms with van der Waals surface area (Å²) < 4.78 is 45.9. The summed E-state index contributed by atoms with van der Waals surface area (Å²) in [6, 6.07) is 6.75. The number of carbonyl (C=O) groups excluding carboxylic acids is 10. The van der Waals surface area contributed by atoms with Gasteiger partial charge < -0.3 is 63.0 Å². The van der Waals surface area contributed by atoms with Crippen LogP contribution in [0.1, 0.15) is 106 Å². The molecule has 0 spiro atoms. The van der Waals surface area contributed by atoms with E-state index >= 15 is 0 Å². The van der Waals surface area contributed by atoms with Gasteiger partial charge >= 0.3 is 30.3 Å². The number of hydrogen-bond acceptors (Lipinski definition) is 19. The SMILES string of the molecule is COc1cc2cc(c1Cl)CC(=O)C[C@H](OC(=O)[C@H](C)N(C)C(=O)CCOC(=O)N(C)CCN(C)C(=O)OCc1ccc(NC(=O)OC3/C=C/CCCCC3)c(C(=O)NCCN3C(=O)C=CC3=O)c1)[C@]1(C)O[C@H]1[C@H](C)[C@@H]1C[C@@](O)(NC(=O)O1)[C@H](OC)/C=C/C=C(\C)C2. The first-order chi connectivity index (χ1) is 43.2. The Morgan fingerprint density at radius 3 is 2.34 bits per heavy atom. The molecular formula is C64H82ClN7O19. The van der Waals surface area contributed by atoms with E-state index < -0.39 is 108 Å². The molecule has 2 aromatic rings. The minimum Gasteiger partial charge on any atom is -0.495 e. The molecule has 5 aliphatic rings. The number of halogens is 1. The molecule has 27 heteroatoms. The number of imide groups is 1. The van der Waals surface area contributed by atoms with Gasteiger partial charge in [0, 0.05) is 91.8 Å². The van der Waals surface area contributed by atoms with E-state index in [1.54, 1.807) is 44.2 Å². The van der Waals surface area contributed by atoms with Gasteiger partial charge in [0.05, 0.1) is 35.9 Å². The molecule has 7 rings (SSSR count). The lowest BCUT2D eigenvalue weighted by molar-refractivity contribution is -0.162. The zero-order valence-electron chi connectivity index (χ0n) is 52.7. The fraction of sp³-hybridized carbons (Fsp3) is 0.531. The molecule has 2 saturated heterocycles. The van der Waals surface area contributed by atoms with Crippen LogP contribution in [-0.2, 0) is 76.6 Å². The molecule has 3 aliphatic heterocycles. The fourth-order valence-corrected chi connectivity index (χ4v) is 11.3. The summed E-state index contributed by atoms with van der Waals surface area (Å²) in [6.45, 7) is 5.78. The van der Waals surface area contributed by atoms with Crippen LogP contribution in [0.15, 0.2) is 78.4 Å². The Morgan fingerprint density at radius 1 is 0.923 bits per heavy atom. The van der Waals surface area contributed by atoms with Crippen LogP contribution in [-0.4, -0.2) is 200 Å². The summed E-state index contributed by atoms with van der Waals surface area (Å²) in [6.07, 6.45) is 7.41. The number of nitrogens with zero attached hydrogens (tertiary/aromatic N) is 4. The maximum Gasteiger partial charge on any atom is 0.412 e. The molecule has 2 fully saturated rings. The number of epoxide rings is 1. The van der Waals surface area contributed by atoms with Gasteiger partial charge in [0.2, 0.25) is 5.91 Å². The third kappa shape index (κ3) is 18.7. The van der Waals surface area contributed by atoms with Crippen LogP contribution in [0.4, 0.5) is 24.9 Å². The molecule has 0 saturated carbocycles. The van der Waals surface area contributed by atoms with E-state index in [1.165, 1.54) is 64.2 Å². The van der Waals surface area contributed by atoms with Crippen LogP contribution in [0.2, 0.25) is 5.02 Å². The summed E-state index contributed by atoms with van der Waals surface area (Å²) in [7, 11) is 7.09. The van der Waals surface area contributed by atoms with Crippen molar-refractivity contribution in [3.63, 3.8) is 0 Å². The Kier molecular flexibility index (Phi) is 24.4. The number of ether oxygens (including phenoxy) is 8. The minimum atomic E-state index is -1.90. The van der Waals surface area contributed by atoms with Crippen LogP contribution in [0, 0.1) is 5.92 Å². The first kappa shape index (κ1) is 70.1. The van der Waals surface area contributed by atoms with Crippen molar-refractivity contribution in [3.8, 4) is 5.75 Å². The maximum atomic E-state index is 14.2. The third-order valence-electron chi connectivity index (χ3n) is 16.7. The number of allylic oxidation sites excluding steroid dienone is 4. The molecule has 9 atom stereocenters. The number of likely N-dealkylation sites (N-methyl/N-ethyl adjacent to an activating group) is 3. The molecule has 0 aromatic heterocycles. The minimum absolute atomic E-state index is 0.0138. The second-order valence-corrected chi connectivity index (χ2v) is 23.9. The predicted molar refractivity (Wildman–Crippen MR) is 328 cm³/mol. The zero-order chi connectivity index (χ0) is 66.3. The molecular weight excluding hydrogens is 1210 g/mol.